The molecule has 0 aliphatic carbocycles. The van der Waals surface area contributed by atoms with Crippen molar-refractivity contribution in [3.63, 3.8) is 0 Å². The zero-order valence-corrected chi connectivity index (χ0v) is 11.8. The molecular formula is C11H22N4OS. The Labute approximate surface area is 107 Å². The highest BCUT2D eigenvalue weighted by atomic mass is 32.1. The van der Waals surface area contributed by atoms with Crippen molar-refractivity contribution in [2.45, 2.75) is 45.6 Å². The normalized spacial score (nSPS) is 13.9. The van der Waals surface area contributed by atoms with Crippen molar-refractivity contribution in [1.29, 1.82) is 0 Å². The minimum Gasteiger partial charge on any atom is -0.379 e. The van der Waals surface area contributed by atoms with Gasteiger partial charge in [0.15, 0.2) is 0 Å². The molecule has 5 nitrogen and oxygen atoms in total. The van der Waals surface area contributed by atoms with E-state index in [0.29, 0.717) is 6.61 Å². The highest BCUT2D eigenvalue weighted by Crippen LogP contribution is 2.30. The Hall–Kier alpha value is -0.560. The van der Waals surface area contributed by atoms with Crippen LogP contribution >= 0.6 is 11.5 Å². The maximum atomic E-state index is 5.58. The molecule has 0 amide bonds. The van der Waals surface area contributed by atoms with E-state index in [1.54, 1.807) is 0 Å². The Morgan fingerprint density at radius 3 is 2.71 bits per heavy atom. The number of rotatable bonds is 6. The molecule has 0 spiro atoms. The Morgan fingerprint density at radius 1 is 1.47 bits per heavy atom. The monoisotopic (exact) mass is 258 g/mol. The Balaban J connectivity index is 2.78. The fraction of sp³-hybridized carbons (Fsp3) is 0.818. The summed E-state index contributed by atoms with van der Waals surface area (Å²) in [6.45, 7) is 9.74. The van der Waals surface area contributed by atoms with Crippen molar-refractivity contribution < 1.29 is 4.74 Å². The molecule has 0 fully saturated rings. The zero-order valence-electron chi connectivity index (χ0n) is 11.0. The van der Waals surface area contributed by atoms with E-state index in [1.807, 2.05) is 0 Å². The molecule has 0 bridgehead atoms. The molecule has 0 aliphatic rings. The summed E-state index contributed by atoms with van der Waals surface area (Å²) in [6, 6.07) is -0.0317. The number of ether oxygens (including phenoxy) is 1. The third kappa shape index (κ3) is 3.99. The van der Waals surface area contributed by atoms with Gasteiger partial charge in [-0.05, 0) is 18.0 Å². The molecule has 0 radical (unpaired) electrons. The molecule has 98 valence electrons. The molecule has 0 saturated carbocycles. The lowest BCUT2D eigenvalue weighted by atomic mass is 9.90. The summed E-state index contributed by atoms with van der Waals surface area (Å²) >= 11 is 1.38. The van der Waals surface area contributed by atoms with Gasteiger partial charge in [-0.2, -0.15) is 0 Å². The number of nitrogens with one attached hydrogen (secondary N) is 1. The predicted octanol–water partition coefficient (Wildman–Crippen LogP) is 1.77. The van der Waals surface area contributed by atoms with Crippen LogP contribution in [0.5, 0.6) is 0 Å². The topological polar surface area (TPSA) is 73.1 Å². The van der Waals surface area contributed by atoms with Crippen LogP contribution in [0.25, 0.3) is 0 Å². The van der Waals surface area contributed by atoms with Crippen molar-refractivity contribution in [2.24, 2.45) is 5.84 Å². The lowest BCUT2D eigenvalue weighted by Gasteiger charge is -2.21. The molecule has 1 aromatic rings. The Morgan fingerprint density at radius 2 is 2.18 bits per heavy atom. The number of hydrazine groups is 1. The summed E-state index contributed by atoms with van der Waals surface area (Å²) in [4.78, 5) is 1.07. The van der Waals surface area contributed by atoms with Crippen LogP contribution in [-0.2, 0) is 10.2 Å². The van der Waals surface area contributed by atoms with Gasteiger partial charge in [0.05, 0.1) is 23.2 Å². The Kier molecular flexibility index (Phi) is 5.45. The van der Waals surface area contributed by atoms with Crippen LogP contribution < -0.4 is 11.3 Å². The number of nitrogens with two attached hydrogens (primary N) is 1. The Bertz CT molecular complexity index is 334. The summed E-state index contributed by atoms with van der Waals surface area (Å²) in [5.41, 5.74) is 3.75. The van der Waals surface area contributed by atoms with Crippen LogP contribution in [0, 0.1) is 0 Å². The largest absolute Gasteiger partial charge is 0.379 e. The quantitative estimate of drug-likeness (QED) is 0.462. The summed E-state index contributed by atoms with van der Waals surface area (Å²) in [6.07, 6.45) is 1.00. The lowest BCUT2D eigenvalue weighted by molar-refractivity contribution is 0.112. The second-order valence-corrected chi connectivity index (χ2v) is 5.82. The van der Waals surface area contributed by atoms with E-state index in [-0.39, 0.29) is 11.5 Å². The molecule has 0 saturated heterocycles. The number of hydrogen-bond donors (Lipinski definition) is 2. The van der Waals surface area contributed by atoms with Gasteiger partial charge in [-0.1, -0.05) is 32.2 Å². The molecule has 1 aromatic heterocycles. The highest BCUT2D eigenvalue weighted by Gasteiger charge is 2.26. The van der Waals surface area contributed by atoms with Crippen LogP contribution in [-0.4, -0.2) is 22.8 Å². The molecule has 0 aromatic carbocycles. The van der Waals surface area contributed by atoms with Crippen LogP contribution in [0.1, 0.15) is 50.7 Å². The van der Waals surface area contributed by atoms with E-state index in [2.05, 4.69) is 42.7 Å². The minimum absolute atomic E-state index is 0.0256. The van der Waals surface area contributed by atoms with E-state index in [1.165, 1.54) is 11.5 Å². The van der Waals surface area contributed by atoms with Crippen LogP contribution in [0.2, 0.25) is 0 Å². The number of hydrogen-bond acceptors (Lipinski definition) is 6. The second-order valence-electron chi connectivity index (χ2n) is 5.03. The zero-order chi connectivity index (χ0) is 12.9. The summed E-state index contributed by atoms with van der Waals surface area (Å²) in [5.74, 6) is 5.58. The van der Waals surface area contributed by atoms with Gasteiger partial charge in [0.1, 0.15) is 0 Å². The first-order valence-corrected chi connectivity index (χ1v) is 6.64. The summed E-state index contributed by atoms with van der Waals surface area (Å²) in [5, 5.41) is 4.20. The first-order valence-electron chi connectivity index (χ1n) is 5.87. The van der Waals surface area contributed by atoms with E-state index in [9.17, 15) is 0 Å². The van der Waals surface area contributed by atoms with Gasteiger partial charge in [0, 0.05) is 12.0 Å². The first-order chi connectivity index (χ1) is 8.00. The van der Waals surface area contributed by atoms with E-state index in [4.69, 9.17) is 10.6 Å². The first kappa shape index (κ1) is 14.5. The SMILES string of the molecule is CCCOCC(NN)c1snnc1C(C)(C)C. The van der Waals surface area contributed by atoms with Crippen molar-refractivity contribution >= 4 is 11.5 Å². The molecule has 17 heavy (non-hydrogen) atoms. The molecule has 1 heterocycles. The maximum absolute atomic E-state index is 5.58. The third-order valence-electron chi connectivity index (χ3n) is 2.37. The molecule has 1 rings (SSSR count). The maximum Gasteiger partial charge on any atom is 0.0858 e. The van der Waals surface area contributed by atoms with Gasteiger partial charge in [-0.3, -0.25) is 5.84 Å². The fourth-order valence-corrected chi connectivity index (χ4v) is 2.40. The lowest BCUT2D eigenvalue weighted by Crippen LogP contribution is -2.32. The predicted molar refractivity (Wildman–Crippen MR) is 69.8 cm³/mol. The summed E-state index contributed by atoms with van der Waals surface area (Å²) in [7, 11) is 0. The molecule has 1 atom stereocenters. The standard InChI is InChI=1S/C11H22N4OS/c1-5-6-16-7-8(13-12)9-10(11(2,3)4)14-15-17-9/h8,13H,5-7,12H2,1-4H3. The molecule has 0 aliphatic heterocycles. The third-order valence-corrected chi connectivity index (χ3v) is 3.21. The number of nitrogens with zero attached hydrogens (tertiary/aromatic N) is 2. The van der Waals surface area contributed by atoms with E-state index in [0.717, 1.165) is 23.6 Å². The van der Waals surface area contributed by atoms with Crippen LogP contribution in [0.15, 0.2) is 0 Å². The minimum atomic E-state index is -0.0317. The van der Waals surface area contributed by atoms with Gasteiger partial charge in [0.25, 0.3) is 0 Å². The van der Waals surface area contributed by atoms with Gasteiger partial charge < -0.3 is 4.74 Å². The average molecular weight is 258 g/mol. The molecule has 6 heteroatoms. The van der Waals surface area contributed by atoms with E-state index >= 15 is 0 Å². The number of aromatic nitrogens is 2. The van der Waals surface area contributed by atoms with Gasteiger partial charge in [-0.15, -0.1) is 5.10 Å². The van der Waals surface area contributed by atoms with Gasteiger partial charge in [-0.25, -0.2) is 5.43 Å². The molecular weight excluding hydrogens is 236 g/mol. The smallest absolute Gasteiger partial charge is 0.0858 e. The van der Waals surface area contributed by atoms with Crippen molar-refractivity contribution in [3.8, 4) is 0 Å². The van der Waals surface area contributed by atoms with E-state index < -0.39 is 0 Å². The van der Waals surface area contributed by atoms with Crippen molar-refractivity contribution in [2.75, 3.05) is 13.2 Å². The molecule has 1 unspecified atom stereocenters. The highest BCUT2D eigenvalue weighted by molar-refractivity contribution is 7.05. The van der Waals surface area contributed by atoms with Gasteiger partial charge in [0.2, 0.25) is 0 Å². The fourth-order valence-electron chi connectivity index (χ4n) is 1.49. The van der Waals surface area contributed by atoms with Crippen LogP contribution in [0.4, 0.5) is 0 Å². The molecule has 3 N–H and O–H groups in total. The average Bonchev–Trinajstić information content (AvgIpc) is 2.73. The van der Waals surface area contributed by atoms with Crippen LogP contribution in [0.3, 0.4) is 0 Å². The van der Waals surface area contributed by atoms with Gasteiger partial charge >= 0.3 is 0 Å². The summed E-state index contributed by atoms with van der Waals surface area (Å²) < 4.78 is 9.56. The van der Waals surface area contributed by atoms with Crippen molar-refractivity contribution in [1.82, 2.24) is 15.0 Å². The second kappa shape index (κ2) is 6.39. The van der Waals surface area contributed by atoms with Crippen molar-refractivity contribution in [3.05, 3.63) is 10.6 Å².